The summed E-state index contributed by atoms with van der Waals surface area (Å²) in [5, 5.41) is 0. The Balaban J connectivity index is 2.58. The monoisotopic (exact) mass is 280 g/mol. The summed E-state index contributed by atoms with van der Waals surface area (Å²) in [6.07, 6.45) is 2.02. The van der Waals surface area contributed by atoms with E-state index in [4.69, 9.17) is 5.73 Å². The van der Waals surface area contributed by atoms with Crippen LogP contribution in [0.15, 0.2) is 0 Å². The molecule has 0 spiro atoms. The third kappa shape index (κ3) is 5.30. The molecule has 0 heterocycles. The number of nitrogens with two attached hydrogens (primary N) is 1. The molecular weight excluding hydrogens is 253 g/mol. The van der Waals surface area contributed by atoms with E-state index in [9.17, 15) is 13.2 Å². The van der Waals surface area contributed by atoms with Crippen molar-refractivity contribution in [2.24, 2.45) is 5.73 Å². The molecule has 2 N–H and O–H groups in total. The van der Waals surface area contributed by atoms with Gasteiger partial charge in [0, 0.05) is 18.5 Å². The quantitative estimate of drug-likeness (QED) is 0.770. The molecule has 1 aliphatic carbocycles. The van der Waals surface area contributed by atoms with Crippen molar-refractivity contribution in [3.8, 4) is 0 Å². The van der Waals surface area contributed by atoms with Crippen molar-refractivity contribution in [1.29, 1.82) is 0 Å². The molecule has 0 aromatic rings. The van der Waals surface area contributed by atoms with Crippen molar-refractivity contribution in [2.45, 2.75) is 70.0 Å². The van der Waals surface area contributed by atoms with Crippen LogP contribution in [-0.4, -0.2) is 36.2 Å². The molecule has 0 unspecified atom stereocenters. The van der Waals surface area contributed by atoms with E-state index in [-0.39, 0.29) is 12.0 Å². The molecule has 5 heteroatoms. The second-order valence-corrected chi connectivity index (χ2v) is 5.69. The van der Waals surface area contributed by atoms with Crippen molar-refractivity contribution in [3.63, 3.8) is 0 Å². The second-order valence-electron chi connectivity index (χ2n) is 5.69. The first-order valence-electron chi connectivity index (χ1n) is 7.45. The number of hydrogen-bond donors (Lipinski definition) is 1. The van der Waals surface area contributed by atoms with Crippen LogP contribution in [-0.2, 0) is 0 Å². The fraction of sp³-hybridized carbons (Fsp3) is 1.00. The molecule has 0 atom stereocenters. The van der Waals surface area contributed by atoms with Gasteiger partial charge in [0.2, 0.25) is 0 Å². The predicted molar refractivity (Wildman–Crippen MR) is 72.0 cm³/mol. The Bertz CT molecular complexity index is 248. The van der Waals surface area contributed by atoms with Gasteiger partial charge >= 0.3 is 6.18 Å². The molecule has 1 saturated carbocycles. The number of hydrogen-bond acceptors (Lipinski definition) is 2. The molecule has 1 aliphatic rings. The summed E-state index contributed by atoms with van der Waals surface area (Å²) in [5.74, 6) is 0. The van der Waals surface area contributed by atoms with Crippen molar-refractivity contribution < 1.29 is 13.2 Å². The van der Waals surface area contributed by atoms with Crippen LogP contribution in [0.1, 0.15) is 58.3 Å². The molecule has 2 nitrogen and oxygen atoms in total. The molecule has 0 aromatic heterocycles. The van der Waals surface area contributed by atoms with Crippen LogP contribution in [0.2, 0.25) is 0 Å². The van der Waals surface area contributed by atoms with Gasteiger partial charge in [-0.25, -0.2) is 0 Å². The van der Waals surface area contributed by atoms with E-state index in [1.807, 2.05) is 0 Å². The van der Waals surface area contributed by atoms with Crippen LogP contribution in [0.25, 0.3) is 0 Å². The first kappa shape index (κ1) is 16.8. The minimum atomic E-state index is -4.04. The average molecular weight is 280 g/mol. The Morgan fingerprint density at radius 1 is 1.11 bits per heavy atom. The Labute approximate surface area is 114 Å². The number of halogens is 3. The van der Waals surface area contributed by atoms with E-state index in [1.165, 1.54) is 6.42 Å². The van der Waals surface area contributed by atoms with Gasteiger partial charge in [-0.2, -0.15) is 13.2 Å². The minimum Gasteiger partial charge on any atom is -0.329 e. The molecule has 0 aliphatic heterocycles. The third-order valence-electron chi connectivity index (χ3n) is 4.22. The first-order chi connectivity index (χ1) is 8.93. The number of alkyl halides is 3. The molecule has 0 bridgehead atoms. The van der Waals surface area contributed by atoms with Crippen LogP contribution in [0.3, 0.4) is 0 Å². The van der Waals surface area contributed by atoms with Gasteiger partial charge in [-0.05, 0) is 38.8 Å². The average Bonchev–Trinajstić information content (AvgIpc) is 2.37. The van der Waals surface area contributed by atoms with Gasteiger partial charge in [-0.1, -0.05) is 26.2 Å². The zero-order valence-electron chi connectivity index (χ0n) is 11.9. The van der Waals surface area contributed by atoms with Crippen LogP contribution in [0.4, 0.5) is 13.2 Å². The zero-order valence-corrected chi connectivity index (χ0v) is 11.9. The summed E-state index contributed by atoms with van der Waals surface area (Å²) in [6, 6.07) is 0. The molecule has 1 rings (SSSR count). The Morgan fingerprint density at radius 2 is 1.74 bits per heavy atom. The van der Waals surface area contributed by atoms with Crippen LogP contribution >= 0.6 is 0 Å². The maximum Gasteiger partial charge on any atom is 0.389 e. The molecule has 114 valence electrons. The molecular formula is C14H27F3N2. The Morgan fingerprint density at radius 3 is 2.21 bits per heavy atom. The van der Waals surface area contributed by atoms with Gasteiger partial charge in [0.05, 0.1) is 0 Å². The van der Waals surface area contributed by atoms with Crippen molar-refractivity contribution >= 4 is 0 Å². The Hall–Kier alpha value is -0.290. The normalized spacial score (nSPS) is 19.9. The topological polar surface area (TPSA) is 29.3 Å². The SMILES string of the molecule is CCCN(CCCC(F)(F)F)C1(CN)CCCCC1. The minimum absolute atomic E-state index is 0.0418. The summed E-state index contributed by atoms with van der Waals surface area (Å²) >= 11 is 0. The van der Waals surface area contributed by atoms with Crippen molar-refractivity contribution in [3.05, 3.63) is 0 Å². The van der Waals surface area contributed by atoms with E-state index < -0.39 is 12.6 Å². The molecule has 0 radical (unpaired) electrons. The molecule has 0 aromatic carbocycles. The van der Waals surface area contributed by atoms with Gasteiger partial charge in [-0.3, -0.25) is 4.90 Å². The zero-order chi connectivity index (χ0) is 14.4. The lowest BCUT2D eigenvalue weighted by molar-refractivity contribution is -0.137. The fourth-order valence-corrected chi connectivity index (χ4v) is 3.19. The van der Waals surface area contributed by atoms with E-state index >= 15 is 0 Å². The van der Waals surface area contributed by atoms with Crippen molar-refractivity contribution in [1.82, 2.24) is 4.90 Å². The highest BCUT2D eigenvalue weighted by atomic mass is 19.4. The molecule has 1 fully saturated rings. The maximum absolute atomic E-state index is 12.3. The molecule has 19 heavy (non-hydrogen) atoms. The van der Waals surface area contributed by atoms with Crippen LogP contribution < -0.4 is 5.73 Å². The lowest BCUT2D eigenvalue weighted by Gasteiger charge is -2.46. The lowest BCUT2D eigenvalue weighted by atomic mass is 9.80. The van der Waals surface area contributed by atoms with Gasteiger partial charge in [0.25, 0.3) is 0 Å². The molecule has 0 amide bonds. The first-order valence-corrected chi connectivity index (χ1v) is 7.45. The smallest absolute Gasteiger partial charge is 0.329 e. The van der Waals surface area contributed by atoms with Crippen LogP contribution in [0.5, 0.6) is 0 Å². The third-order valence-corrected chi connectivity index (χ3v) is 4.22. The standard InChI is InChI=1S/C14H27F3N2/c1-2-10-19(11-6-9-14(15,16)17)13(12-18)7-4-3-5-8-13/h2-12,18H2,1H3. The predicted octanol–water partition coefficient (Wildman–Crippen LogP) is 3.70. The van der Waals surface area contributed by atoms with Crippen LogP contribution in [0, 0.1) is 0 Å². The highest BCUT2D eigenvalue weighted by Crippen LogP contribution is 2.33. The lowest BCUT2D eigenvalue weighted by Crippen LogP contribution is -2.55. The maximum atomic E-state index is 12.3. The van der Waals surface area contributed by atoms with Crippen molar-refractivity contribution in [2.75, 3.05) is 19.6 Å². The largest absolute Gasteiger partial charge is 0.389 e. The van der Waals surface area contributed by atoms with Gasteiger partial charge in [0.15, 0.2) is 0 Å². The summed E-state index contributed by atoms with van der Waals surface area (Å²) in [5.41, 5.74) is 5.92. The molecule has 0 saturated heterocycles. The van der Waals surface area contributed by atoms with Gasteiger partial charge < -0.3 is 5.73 Å². The second kappa shape index (κ2) is 7.48. The Kier molecular flexibility index (Phi) is 6.60. The number of rotatable bonds is 7. The number of nitrogens with zero attached hydrogens (tertiary/aromatic N) is 1. The van der Waals surface area contributed by atoms with E-state index in [0.717, 1.165) is 38.6 Å². The highest BCUT2D eigenvalue weighted by molar-refractivity contribution is 4.94. The highest BCUT2D eigenvalue weighted by Gasteiger charge is 2.36. The van der Waals surface area contributed by atoms with E-state index in [0.29, 0.717) is 13.1 Å². The van der Waals surface area contributed by atoms with E-state index in [2.05, 4.69) is 11.8 Å². The summed E-state index contributed by atoms with van der Waals surface area (Å²) in [6.45, 7) is 4.02. The van der Waals surface area contributed by atoms with Gasteiger partial charge in [0.1, 0.15) is 0 Å². The fourth-order valence-electron chi connectivity index (χ4n) is 3.19. The summed E-state index contributed by atoms with van der Waals surface area (Å²) in [7, 11) is 0. The van der Waals surface area contributed by atoms with Gasteiger partial charge in [-0.15, -0.1) is 0 Å². The summed E-state index contributed by atoms with van der Waals surface area (Å²) < 4.78 is 36.8. The summed E-state index contributed by atoms with van der Waals surface area (Å²) in [4.78, 5) is 2.23. The van der Waals surface area contributed by atoms with E-state index in [1.54, 1.807) is 0 Å².